The summed E-state index contributed by atoms with van der Waals surface area (Å²) in [5.74, 6) is -0.176. The molecule has 0 amide bonds. The average molecular weight is 140 g/mol. The summed E-state index contributed by atoms with van der Waals surface area (Å²) in [4.78, 5) is 1.21. The fourth-order valence-corrected chi connectivity index (χ4v) is 0.783. The largest absolute Gasteiger partial charge is 0.307 e. The van der Waals surface area contributed by atoms with Crippen LogP contribution in [0, 0.1) is 5.82 Å². The van der Waals surface area contributed by atoms with Crippen molar-refractivity contribution in [2.24, 2.45) is 0 Å². The van der Waals surface area contributed by atoms with E-state index >= 15 is 0 Å². The summed E-state index contributed by atoms with van der Waals surface area (Å²) in [7, 11) is 4.01. The van der Waals surface area contributed by atoms with Gasteiger partial charge in [0.25, 0.3) is 0 Å². The highest BCUT2D eigenvalue weighted by Gasteiger charge is 1.97. The van der Waals surface area contributed by atoms with E-state index in [2.05, 4.69) is 0 Å². The van der Waals surface area contributed by atoms with E-state index in [1.807, 2.05) is 14.1 Å². The fraction of sp³-hybridized carbons (Fsp3) is 0.250. The van der Waals surface area contributed by atoms with Crippen LogP contribution in [0.5, 0.6) is 0 Å². The highest BCUT2D eigenvalue weighted by molar-refractivity contribution is 5.28. The van der Waals surface area contributed by atoms with Crippen LogP contribution in [0.3, 0.4) is 0 Å². The molecule has 1 aromatic rings. The second kappa shape index (κ2) is 2.80. The number of hydrogen-bond acceptors (Lipinski definition) is 0. The third kappa shape index (κ3) is 1.54. The second-order valence-corrected chi connectivity index (χ2v) is 2.51. The van der Waals surface area contributed by atoms with Gasteiger partial charge in [0, 0.05) is 12.1 Å². The predicted molar refractivity (Wildman–Crippen MR) is 38.9 cm³/mol. The molecule has 0 saturated carbocycles. The molecule has 0 aromatic heterocycles. The van der Waals surface area contributed by atoms with Crippen LogP contribution in [0.4, 0.5) is 10.1 Å². The first-order valence-electron chi connectivity index (χ1n) is 3.26. The smallest absolute Gasteiger partial charge is 0.130 e. The van der Waals surface area contributed by atoms with Gasteiger partial charge in [0.1, 0.15) is 11.5 Å². The molecular weight excluding hydrogens is 129 g/mol. The van der Waals surface area contributed by atoms with Gasteiger partial charge in [-0.1, -0.05) is 0 Å². The van der Waals surface area contributed by atoms with Crippen LogP contribution in [0.25, 0.3) is 0 Å². The Morgan fingerprint density at radius 3 is 2.00 bits per heavy atom. The maximum Gasteiger partial charge on any atom is 0.130 e. The van der Waals surface area contributed by atoms with E-state index in [-0.39, 0.29) is 5.82 Å². The molecule has 0 heterocycles. The van der Waals surface area contributed by atoms with E-state index in [4.69, 9.17) is 0 Å². The van der Waals surface area contributed by atoms with Gasteiger partial charge in [0.05, 0.1) is 14.1 Å². The van der Waals surface area contributed by atoms with Gasteiger partial charge in [-0.3, -0.25) is 0 Å². The molecule has 0 aliphatic carbocycles. The summed E-state index contributed by atoms with van der Waals surface area (Å²) in [6.07, 6.45) is 0. The van der Waals surface area contributed by atoms with Crippen LogP contribution in [0.15, 0.2) is 24.3 Å². The molecular formula is C8H11FN+. The number of benzene rings is 1. The molecule has 1 nitrogen and oxygen atoms in total. The van der Waals surface area contributed by atoms with E-state index in [1.165, 1.54) is 17.0 Å². The predicted octanol–water partition coefficient (Wildman–Crippen LogP) is 0.602. The van der Waals surface area contributed by atoms with Crippen LogP contribution >= 0.6 is 0 Å². The average Bonchev–Trinajstić information content (AvgIpc) is 1.88. The summed E-state index contributed by atoms with van der Waals surface area (Å²) >= 11 is 0. The lowest BCUT2D eigenvalue weighted by Crippen LogP contribution is -3.00. The Balaban J connectivity index is 2.89. The van der Waals surface area contributed by atoms with Crippen molar-refractivity contribution in [2.75, 3.05) is 14.1 Å². The fourth-order valence-electron chi connectivity index (χ4n) is 0.783. The Morgan fingerprint density at radius 1 is 1.10 bits per heavy atom. The molecule has 0 saturated heterocycles. The second-order valence-electron chi connectivity index (χ2n) is 2.51. The topological polar surface area (TPSA) is 4.44 Å². The standard InChI is InChI=1S/C8H10FN/c1-10(2)8-5-3-7(9)4-6-8/h3-6H,1-2H3/p+1. The van der Waals surface area contributed by atoms with E-state index in [0.717, 1.165) is 5.69 Å². The van der Waals surface area contributed by atoms with E-state index in [9.17, 15) is 4.39 Å². The summed E-state index contributed by atoms with van der Waals surface area (Å²) < 4.78 is 12.3. The Bertz CT molecular complexity index is 203. The first kappa shape index (κ1) is 7.22. The van der Waals surface area contributed by atoms with Gasteiger partial charge in [0.15, 0.2) is 0 Å². The maximum absolute atomic E-state index is 12.3. The minimum absolute atomic E-state index is 0.176. The summed E-state index contributed by atoms with van der Waals surface area (Å²) in [6, 6.07) is 6.51. The van der Waals surface area contributed by atoms with Crippen LogP contribution in [-0.2, 0) is 0 Å². The van der Waals surface area contributed by atoms with Gasteiger partial charge in [-0.25, -0.2) is 4.39 Å². The van der Waals surface area contributed by atoms with Crippen molar-refractivity contribution in [3.8, 4) is 0 Å². The lowest BCUT2D eigenvalue weighted by atomic mass is 10.3. The molecule has 1 rings (SSSR count). The van der Waals surface area contributed by atoms with Gasteiger partial charge in [0.2, 0.25) is 0 Å². The molecule has 2 heteroatoms. The van der Waals surface area contributed by atoms with Crippen molar-refractivity contribution in [3.05, 3.63) is 30.1 Å². The van der Waals surface area contributed by atoms with Crippen molar-refractivity contribution in [1.29, 1.82) is 0 Å². The molecule has 0 aliphatic rings. The van der Waals surface area contributed by atoms with Gasteiger partial charge >= 0.3 is 0 Å². The van der Waals surface area contributed by atoms with Crippen molar-refractivity contribution in [3.63, 3.8) is 0 Å². The Morgan fingerprint density at radius 2 is 1.60 bits per heavy atom. The Kier molecular flexibility index (Phi) is 2.02. The molecule has 0 atom stereocenters. The zero-order chi connectivity index (χ0) is 7.56. The molecule has 0 spiro atoms. The number of rotatable bonds is 1. The van der Waals surface area contributed by atoms with Crippen molar-refractivity contribution < 1.29 is 9.29 Å². The van der Waals surface area contributed by atoms with Crippen LogP contribution in [-0.4, -0.2) is 14.1 Å². The van der Waals surface area contributed by atoms with Crippen LogP contribution in [0.2, 0.25) is 0 Å². The molecule has 0 unspecified atom stereocenters. The monoisotopic (exact) mass is 140 g/mol. The molecule has 0 radical (unpaired) electrons. The lowest BCUT2D eigenvalue weighted by Gasteiger charge is -2.04. The zero-order valence-electron chi connectivity index (χ0n) is 6.19. The molecule has 54 valence electrons. The van der Waals surface area contributed by atoms with E-state index in [1.54, 1.807) is 12.1 Å². The van der Waals surface area contributed by atoms with E-state index < -0.39 is 0 Å². The third-order valence-corrected chi connectivity index (χ3v) is 1.42. The summed E-state index contributed by atoms with van der Waals surface area (Å²) in [5.41, 5.74) is 1.10. The van der Waals surface area contributed by atoms with Crippen LogP contribution < -0.4 is 4.90 Å². The Hall–Kier alpha value is -0.890. The highest BCUT2D eigenvalue weighted by Crippen LogP contribution is 2.01. The summed E-state index contributed by atoms with van der Waals surface area (Å²) in [6.45, 7) is 0. The number of nitrogens with one attached hydrogen (secondary N) is 1. The zero-order valence-corrected chi connectivity index (χ0v) is 6.19. The van der Waals surface area contributed by atoms with E-state index in [0.29, 0.717) is 0 Å². The summed E-state index contributed by atoms with van der Waals surface area (Å²) in [5, 5.41) is 0. The van der Waals surface area contributed by atoms with Gasteiger partial charge < -0.3 is 4.90 Å². The first-order chi connectivity index (χ1) is 4.70. The molecule has 1 aromatic carbocycles. The SMILES string of the molecule is C[NH+](C)c1ccc(F)cc1. The lowest BCUT2D eigenvalue weighted by molar-refractivity contribution is -0.786. The number of hydrogen-bond donors (Lipinski definition) is 1. The number of quaternary nitrogens is 1. The van der Waals surface area contributed by atoms with Gasteiger partial charge in [-0.05, 0) is 12.1 Å². The molecule has 0 bridgehead atoms. The number of halogens is 1. The minimum atomic E-state index is -0.176. The first-order valence-corrected chi connectivity index (χ1v) is 3.26. The molecule has 10 heavy (non-hydrogen) atoms. The normalized spacial score (nSPS) is 10.4. The molecule has 1 N–H and O–H groups in total. The molecule has 0 aliphatic heterocycles. The third-order valence-electron chi connectivity index (χ3n) is 1.42. The van der Waals surface area contributed by atoms with Gasteiger partial charge in [-0.2, -0.15) is 0 Å². The van der Waals surface area contributed by atoms with Gasteiger partial charge in [-0.15, -0.1) is 0 Å². The minimum Gasteiger partial charge on any atom is -0.307 e. The van der Waals surface area contributed by atoms with Crippen LogP contribution in [0.1, 0.15) is 0 Å². The quantitative estimate of drug-likeness (QED) is 0.582. The highest BCUT2D eigenvalue weighted by atomic mass is 19.1. The van der Waals surface area contributed by atoms with Crippen molar-refractivity contribution in [2.45, 2.75) is 0 Å². The maximum atomic E-state index is 12.3. The van der Waals surface area contributed by atoms with Crippen molar-refractivity contribution >= 4 is 5.69 Å². The Labute approximate surface area is 60.1 Å². The molecule has 0 fully saturated rings. The van der Waals surface area contributed by atoms with Crippen molar-refractivity contribution in [1.82, 2.24) is 0 Å².